The van der Waals surface area contributed by atoms with Gasteiger partial charge in [0.25, 0.3) is 5.91 Å². The Morgan fingerprint density at radius 1 is 1.00 bits per heavy atom. The molecular formula is C20H23N5O2. The number of anilines is 2. The summed E-state index contributed by atoms with van der Waals surface area (Å²) in [7, 11) is 0. The molecule has 0 atom stereocenters. The maximum atomic E-state index is 12.6. The normalized spacial score (nSPS) is 17.4. The lowest BCUT2D eigenvalue weighted by Crippen LogP contribution is -2.47. The van der Waals surface area contributed by atoms with E-state index < -0.39 is 0 Å². The van der Waals surface area contributed by atoms with Gasteiger partial charge in [0.2, 0.25) is 11.9 Å². The maximum Gasteiger partial charge on any atom is 0.251 e. The number of carbonyl (C=O) groups excluding carboxylic acids is 2. The number of hydrogen-bond donors (Lipinski definition) is 2. The van der Waals surface area contributed by atoms with Gasteiger partial charge in [-0.3, -0.25) is 9.59 Å². The molecule has 140 valence electrons. The highest BCUT2D eigenvalue weighted by Gasteiger charge is 2.35. The van der Waals surface area contributed by atoms with Crippen LogP contribution in [0.1, 0.15) is 36.0 Å². The molecule has 4 rings (SSSR count). The quantitative estimate of drug-likeness (QED) is 0.849. The van der Waals surface area contributed by atoms with E-state index in [1.165, 1.54) is 0 Å². The van der Waals surface area contributed by atoms with Crippen LogP contribution in [0, 0.1) is 5.92 Å². The third-order valence-electron chi connectivity index (χ3n) is 5.02. The fraction of sp³-hybridized carbons (Fsp3) is 0.400. The number of hydrogen-bond acceptors (Lipinski definition) is 5. The number of nitrogens with one attached hydrogen (secondary N) is 2. The Morgan fingerprint density at radius 3 is 2.44 bits per heavy atom. The van der Waals surface area contributed by atoms with E-state index in [0.717, 1.165) is 44.5 Å². The van der Waals surface area contributed by atoms with Crippen molar-refractivity contribution in [2.75, 3.05) is 18.4 Å². The number of carbonyl (C=O) groups is 2. The van der Waals surface area contributed by atoms with E-state index in [-0.39, 0.29) is 17.9 Å². The number of nitrogens with zero attached hydrogens (tertiary/aromatic N) is 3. The SMILES string of the molecule is O=C(NC1CCN(C(=O)C2CC2)CC1)c1cccc(Nc2ncccn2)c1. The van der Waals surface area contributed by atoms with Crippen LogP contribution in [0.5, 0.6) is 0 Å². The van der Waals surface area contributed by atoms with Gasteiger partial charge < -0.3 is 15.5 Å². The summed E-state index contributed by atoms with van der Waals surface area (Å²) >= 11 is 0. The van der Waals surface area contributed by atoms with Crippen molar-refractivity contribution in [3.8, 4) is 0 Å². The minimum absolute atomic E-state index is 0.0976. The molecule has 1 aromatic carbocycles. The number of rotatable bonds is 5. The van der Waals surface area contributed by atoms with E-state index in [2.05, 4.69) is 20.6 Å². The third kappa shape index (κ3) is 4.42. The summed E-state index contributed by atoms with van der Waals surface area (Å²) < 4.78 is 0. The lowest BCUT2D eigenvalue weighted by molar-refractivity contribution is -0.133. The van der Waals surface area contributed by atoms with E-state index in [9.17, 15) is 9.59 Å². The minimum Gasteiger partial charge on any atom is -0.349 e. The summed E-state index contributed by atoms with van der Waals surface area (Å²) in [5.74, 6) is 0.948. The molecule has 1 aromatic heterocycles. The number of likely N-dealkylation sites (tertiary alicyclic amines) is 1. The lowest BCUT2D eigenvalue weighted by Gasteiger charge is -2.32. The Balaban J connectivity index is 1.32. The second-order valence-corrected chi connectivity index (χ2v) is 7.13. The van der Waals surface area contributed by atoms with Crippen LogP contribution in [-0.4, -0.2) is 45.8 Å². The zero-order valence-electron chi connectivity index (χ0n) is 15.1. The molecule has 2 N–H and O–H groups in total. The molecule has 0 unspecified atom stereocenters. The van der Waals surface area contributed by atoms with Crippen LogP contribution in [0.2, 0.25) is 0 Å². The van der Waals surface area contributed by atoms with E-state index >= 15 is 0 Å². The second-order valence-electron chi connectivity index (χ2n) is 7.13. The average Bonchev–Trinajstić information content (AvgIpc) is 3.54. The van der Waals surface area contributed by atoms with Crippen molar-refractivity contribution in [2.24, 2.45) is 5.92 Å². The second kappa shape index (κ2) is 7.73. The van der Waals surface area contributed by atoms with Gasteiger partial charge in [0.1, 0.15) is 0 Å². The highest BCUT2D eigenvalue weighted by Crippen LogP contribution is 2.31. The summed E-state index contributed by atoms with van der Waals surface area (Å²) in [6, 6.07) is 9.13. The molecule has 1 saturated heterocycles. The molecule has 7 nitrogen and oxygen atoms in total. The van der Waals surface area contributed by atoms with Gasteiger partial charge in [-0.05, 0) is 49.9 Å². The maximum absolute atomic E-state index is 12.6. The topological polar surface area (TPSA) is 87.2 Å². The molecule has 2 aliphatic rings. The van der Waals surface area contributed by atoms with Gasteiger partial charge in [0.05, 0.1) is 0 Å². The molecular weight excluding hydrogens is 342 g/mol. The number of amides is 2. The van der Waals surface area contributed by atoms with Crippen molar-refractivity contribution in [2.45, 2.75) is 31.7 Å². The summed E-state index contributed by atoms with van der Waals surface area (Å²) in [6.07, 6.45) is 7.00. The fourth-order valence-electron chi connectivity index (χ4n) is 3.33. The van der Waals surface area contributed by atoms with Gasteiger partial charge in [0, 0.05) is 48.7 Å². The average molecular weight is 365 g/mol. The van der Waals surface area contributed by atoms with E-state index in [0.29, 0.717) is 17.4 Å². The van der Waals surface area contributed by atoms with Crippen LogP contribution in [0.25, 0.3) is 0 Å². The highest BCUT2D eigenvalue weighted by molar-refractivity contribution is 5.95. The predicted octanol–water partition coefficient (Wildman–Crippen LogP) is 2.35. The molecule has 0 spiro atoms. The molecule has 7 heteroatoms. The van der Waals surface area contributed by atoms with Crippen molar-refractivity contribution in [3.05, 3.63) is 48.3 Å². The van der Waals surface area contributed by atoms with Crippen LogP contribution >= 0.6 is 0 Å². The first kappa shape index (κ1) is 17.5. The zero-order chi connectivity index (χ0) is 18.6. The first-order valence-corrected chi connectivity index (χ1v) is 9.43. The van der Waals surface area contributed by atoms with Gasteiger partial charge in [-0.25, -0.2) is 9.97 Å². The lowest BCUT2D eigenvalue weighted by atomic mass is 10.0. The van der Waals surface area contributed by atoms with Gasteiger partial charge >= 0.3 is 0 Å². The standard InChI is InChI=1S/C20H23N5O2/c26-18(23-16-7-11-25(12-8-16)19(27)14-5-6-14)15-3-1-4-17(13-15)24-20-21-9-2-10-22-20/h1-4,9-10,13-14,16H,5-8,11-12H2,(H,23,26)(H,21,22,24). The zero-order valence-corrected chi connectivity index (χ0v) is 15.1. The van der Waals surface area contributed by atoms with Gasteiger partial charge in [-0.2, -0.15) is 0 Å². The number of piperidine rings is 1. The predicted molar refractivity (Wildman–Crippen MR) is 102 cm³/mol. The van der Waals surface area contributed by atoms with E-state index in [1.807, 2.05) is 17.0 Å². The monoisotopic (exact) mass is 365 g/mol. The summed E-state index contributed by atoms with van der Waals surface area (Å²) in [5.41, 5.74) is 1.35. The first-order chi connectivity index (χ1) is 13.2. The third-order valence-corrected chi connectivity index (χ3v) is 5.02. The Kier molecular flexibility index (Phi) is 5.00. The smallest absolute Gasteiger partial charge is 0.251 e. The molecule has 1 aliphatic heterocycles. The van der Waals surface area contributed by atoms with Crippen molar-refractivity contribution in [3.63, 3.8) is 0 Å². The number of benzene rings is 1. The molecule has 1 saturated carbocycles. The molecule has 2 fully saturated rings. The van der Waals surface area contributed by atoms with Crippen molar-refractivity contribution >= 4 is 23.5 Å². The molecule has 0 radical (unpaired) electrons. The first-order valence-electron chi connectivity index (χ1n) is 9.43. The molecule has 2 amide bonds. The van der Waals surface area contributed by atoms with Crippen molar-refractivity contribution in [1.82, 2.24) is 20.2 Å². The van der Waals surface area contributed by atoms with Gasteiger partial charge in [0.15, 0.2) is 0 Å². The molecule has 0 bridgehead atoms. The van der Waals surface area contributed by atoms with E-state index in [4.69, 9.17) is 0 Å². The van der Waals surface area contributed by atoms with Crippen LogP contribution in [0.15, 0.2) is 42.7 Å². The Hall–Kier alpha value is -2.96. The molecule has 27 heavy (non-hydrogen) atoms. The Morgan fingerprint density at radius 2 is 1.74 bits per heavy atom. The summed E-state index contributed by atoms with van der Waals surface area (Å²) in [4.78, 5) is 34.9. The summed E-state index contributed by atoms with van der Waals surface area (Å²) in [6.45, 7) is 1.46. The van der Waals surface area contributed by atoms with Crippen LogP contribution in [-0.2, 0) is 4.79 Å². The van der Waals surface area contributed by atoms with Gasteiger partial charge in [-0.1, -0.05) is 6.07 Å². The van der Waals surface area contributed by atoms with Crippen molar-refractivity contribution in [1.29, 1.82) is 0 Å². The number of aromatic nitrogens is 2. The molecule has 2 heterocycles. The van der Waals surface area contributed by atoms with Gasteiger partial charge in [-0.15, -0.1) is 0 Å². The minimum atomic E-state index is -0.0976. The van der Waals surface area contributed by atoms with Crippen LogP contribution in [0.3, 0.4) is 0 Å². The van der Waals surface area contributed by atoms with Crippen LogP contribution in [0.4, 0.5) is 11.6 Å². The Labute approximate surface area is 158 Å². The van der Waals surface area contributed by atoms with Crippen LogP contribution < -0.4 is 10.6 Å². The molecule has 2 aromatic rings. The van der Waals surface area contributed by atoms with Crippen molar-refractivity contribution < 1.29 is 9.59 Å². The van der Waals surface area contributed by atoms with E-state index in [1.54, 1.807) is 30.6 Å². The molecule has 1 aliphatic carbocycles. The fourth-order valence-corrected chi connectivity index (χ4v) is 3.33. The Bertz CT molecular complexity index is 814. The highest BCUT2D eigenvalue weighted by atomic mass is 16.2. The largest absolute Gasteiger partial charge is 0.349 e. The summed E-state index contributed by atoms with van der Waals surface area (Å²) in [5, 5.41) is 6.19.